The van der Waals surface area contributed by atoms with Crippen molar-refractivity contribution in [3.05, 3.63) is 133 Å². The molecule has 196 valence electrons. The first kappa shape index (κ1) is 25.9. The van der Waals surface area contributed by atoms with E-state index in [0.717, 1.165) is 10.8 Å². The van der Waals surface area contributed by atoms with Gasteiger partial charge in [0.25, 0.3) is 0 Å². The number of pyridine rings is 2. The summed E-state index contributed by atoms with van der Waals surface area (Å²) in [7, 11) is 0. The zero-order chi connectivity index (χ0) is 27.9. The van der Waals surface area contributed by atoms with Crippen LogP contribution in [0.5, 0.6) is 23.0 Å². The monoisotopic (exact) mass is 530 g/mol. The topological polar surface area (TPSA) is 119 Å². The van der Waals surface area contributed by atoms with E-state index in [-0.39, 0.29) is 11.1 Å². The molecule has 0 saturated carbocycles. The van der Waals surface area contributed by atoms with Gasteiger partial charge in [-0.25, -0.2) is 9.59 Å². The first-order valence-electron chi connectivity index (χ1n) is 12.2. The van der Waals surface area contributed by atoms with Crippen LogP contribution < -0.4 is 9.47 Å². The van der Waals surface area contributed by atoms with Crippen molar-refractivity contribution in [2.45, 2.75) is 0 Å². The lowest BCUT2D eigenvalue weighted by Gasteiger charge is -2.10. The van der Waals surface area contributed by atoms with Crippen molar-refractivity contribution in [2.24, 2.45) is 0 Å². The van der Waals surface area contributed by atoms with E-state index in [4.69, 9.17) is 19.7 Å². The molecule has 6 rings (SSSR count). The number of carbonyl (C=O) groups is 2. The van der Waals surface area contributed by atoms with Crippen LogP contribution >= 0.6 is 0 Å². The van der Waals surface area contributed by atoms with Crippen LogP contribution in [0.1, 0.15) is 20.7 Å². The zero-order valence-electron chi connectivity index (χ0n) is 21.0. The number of hydrogen-bond acceptors (Lipinski definition) is 6. The van der Waals surface area contributed by atoms with Crippen molar-refractivity contribution in [3.63, 3.8) is 0 Å². The molecule has 2 aromatic heterocycles. The molecule has 6 aromatic rings. The Morgan fingerprint density at radius 2 is 0.850 bits per heavy atom. The van der Waals surface area contributed by atoms with Crippen LogP contribution in [-0.4, -0.2) is 32.1 Å². The van der Waals surface area contributed by atoms with Gasteiger partial charge in [0.1, 0.15) is 33.7 Å². The zero-order valence-corrected chi connectivity index (χ0v) is 21.0. The highest BCUT2D eigenvalue weighted by molar-refractivity contribution is 5.92. The van der Waals surface area contributed by atoms with Crippen molar-refractivity contribution >= 4 is 33.7 Å². The molecule has 0 saturated heterocycles. The van der Waals surface area contributed by atoms with Crippen LogP contribution in [-0.2, 0) is 0 Å². The molecule has 4 aromatic carbocycles. The third kappa shape index (κ3) is 5.71. The number of rotatable bonds is 6. The second-order valence-electron chi connectivity index (χ2n) is 8.47. The summed E-state index contributed by atoms with van der Waals surface area (Å²) in [5, 5.41) is 20.2. The summed E-state index contributed by atoms with van der Waals surface area (Å²) in [4.78, 5) is 30.9. The highest BCUT2D eigenvalue weighted by Crippen LogP contribution is 2.31. The van der Waals surface area contributed by atoms with E-state index in [9.17, 15) is 9.59 Å². The van der Waals surface area contributed by atoms with Gasteiger partial charge in [-0.2, -0.15) is 0 Å². The highest BCUT2D eigenvalue weighted by atomic mass is 16.5. The summed E-state index contributed by atoms with van der Waals surface area (Å²) in [6.07, 6.45) is 3.36. The SMILES string of the molecule is O=C(O)c1ccccc1Oc1cccc2cccnc12.O=C(O)c1ccccc1Oc1cccc2cccnc12. The smallest absolute Gasteiger partial charge is 0.339 e. The summed E-state index contributed by atoms with van der Waals surface area (Å²) in [5.41, 5.74) is 1.66. The fraction of sp³-hybridized carbons (Fsp3) is 0. The normalized spacial score (nSPS) is 10.4. The Kier molecular flexibility index (Phi) is 7.60. The minimum atomic E-state index is -1.02. The predicted molar refractivity (Wildman–Crippen MR) is 150 cm³/mol. The van der Waals surface area contributed by atoms with Gasteiger partial charge in [-0.05, 0) is 48.5 Å². The Morgan fingerprint density at radius 1 is 0.475 bits per heavy atom. The van der Waals surface area contributed by atoms with E-state index < -0.39 is 11.9 Å². The van der Waals surface area contributed by atoms with E-state index in [1.54, 1.807) is 60.9 Å². The van der Waals surface area contributed by atoms with Crippen LogP contribution in [0.25, 0.3) is 21.8 Å². The van der Waals surface area contributed by atoms with Gasteiger partial charge in [0.05, 0.1) is 0 Å². The molecule has 8 heteroatoms. The van der Waals surface area contributed by atoms with Crippen LogP contribution in [0.2, 0.25) is 0 Å². The number of carboxylic acids is 2. The second-order valence-corrected chi connectivity index (χ2v) is 8.47. The number of aromatic carboxylic acids is 2. The van der Waals surface area contributed by atoms with Crippen LogP contribution in [0.4, 0.5) is 0 Å². The Bertz CT molecular complexity index is 1690. The van der Waals surface area contributed by atoms with Gasteiger partial charge in [-0.15, -0.1) is 0 Å². The summed E-state index contributed by atoms with van der Waals surface area (Å²) < 4.78 is 11.5. The maximum atomic E-state index is 11.2. The van der Waals surface area contributed by atoms with Gasteiger partial charge in [0.15, 0.2) is 11.5 Å². The Morgan fingerprint density at radius 3 is 1.27 bits per heavy atom. The van der Waals surface area contributed by atoms with E-state index in [0.29, 0.717) is 34.0 Å². The Labute approximate surface area is 228 Å². The summed E-state index contributed by atoms with van der Waals surface area (Å²) in [6.45, 7) is 0. The highest BCUT2D eigenvalue weighted by Gasteiger charge is 2.14. The third-order valence-electron chi connectivity index (χ3n) is 5.87. The summed E-state index contributed by atoms with van der Waals surface area (Å²) >= 11 is 0. The molecule has 0 atom stereocenters. The molecular formula is C32H22N2O6. The molecular weight excluding hydrogens is 508 g/mol. The number of aromatic nitrogens is 2. The number of ether oxygens (including phenoxy) is 2. The minimum absolute atomic E-state index is 0.125. The lowest BCUT2D eigenvalue weighted by Crippen LogP contribution is -1.99. The maximum absolute atomic E-state index is 11.2. The second kappa shape index (κ2) is 11.7. The molecule has 0 aliphatic carbocycles. The van der Waals surface area contributed by atoms with E-state index in [1.165, 1.54) is 12.1 Å². The third-order valence-corrected chi connectivity index (χ3v) is 5.87. The molecule has 0 bridgehead atoms. The molecule has 0 fully saturated rings. The van der Waals surface area contributed by atoms with Gasteiger partial charge in [0.2, 0.25) is 0 Å². The number of benzene rings is 4. The predicted octanol–water partition coefficient (Wildman–Crippen LogP) is 7.45. The lowest BCUT2D eigenvalue weighted by molar-refractivity contribution is 0.0683. The van der Waals surface area contributed by atoms with Gasteiger partial charge < -0.3 is 19.7 Å². The van der Waals surface area contributed by atoms with Crippen molar-refractivity contribution in [3.8, 4) is 23.0 Å². The van der Waals surface area contributed by atoms with Crippen LogP contribution in [0.3, 0.4) is 0 Å². The molecule has 0 spiro atoms. The average molecular weight is 531 g/mol. The van der Waals surface area contributed by atoms with Gasteiger partial charge in [0, 0.05) is 23.2 Å². The first-order valence-corrected chi connectivity index (χ1v) is 12.2. The summed E-state index contributed by atoms with van der Waals surface area (Å²) in [5.74, 6) is -0.354. The fourth-order valence-corrected chi connectivity index (χ4v) is 4.02. The minimum Gasteiger partial charge on any atom is -0.478 e. The number of fused-ring (bicyclic) bond motifs is 2. The number of carboxylic acid groups (broad SMARTS) is 2. The van der Waals surface area contributed by atoms with Gasteiger partial charge >= 0.3 is 11.9 Å². The standard InChI is InChI=1S/2C16H11NO3/c2*18-16(19)12-7-1-2-8-13(12)20-14-9-3-5-11-6-4-10-17-15(11)14/h2*1-10H,(H,18,19). The van der Waals surface area contributed by atoms with Gasteiger partial charge in [-0.3, -0.25) is 9.97 Å². The Hall–Kier alpha value is -5.76. The first-order chi connectivity index (χ1) is 19.5. The molecule has 40 heavy (non-hydrogen) atoms. The van der Waals surface area contributed by atoms with Crippen molar-refractivity contribution in [1.82, 2.24) is 9.97 Å². The van der Waals surface area contributed by atoms with E-state index in [1.807, 2.05) is 48.5 Å². The number of nitrogens with zero attached hydrogens (tertiary/aromatic N) is 2. The van der Waals surface area contributed by atoms with Crippen molar-refractivity contribution in [1.29, 1.82) is 0 Å². The molecule has 0 radical (unpaired) electrons. The molecule has 0 aliphatic heterocycles. The maximum Gasteiger partial charge on any atom is 0.339 e. The fourth-order valence-electron chi connectivity index (χ4n) is 4.02. The number of hydrogen-bond donors (Lipinski definition) is 2. The largest absolute Gasteiger partial charge is 0.478 e. The average Bonchev–Trinajstić information content (AvgIpc) is 2.98. The molecule has 8 nitrogen and oxygen atoms in total. The van der Waals surface area contributed by atoms with Crippen molar-refractivity contribution in [2.75, 3.05) is 0 Å². The quantitative estimate of drug-likeness (QED) is 0.228. The molecule has 0 amide bonds. The number of para-hydroxylation sites is 4. The Balaban J connectivity index is 0.000000161. The molecule has 0 aliphatic rings. The van der Waals surface area contributed by atoms with E-state index >= 15 is 0 Å². The molecule has 2 heterocycles. The molecule has 2 N–H and O–H groups in total. The van der Waals surface area contributed by atoms with Crippen LogP contribution in [0, 0.1) is 0 Å². The van der Waals surface area contributed by atoms with Crippen molar-refractivity contribution < 1.29 is 29.3 Å². The summed E-state index contributed by atoms with van der Waals surface area (Å²) in [6, 6.07) is 31.7. The van der Waals surface area contributed by atoms with Crippen LogP contribution in [0.15, 0.2) is 122 Å². The lowest BCUT2D eigenvalue weighted by atomic mass is 10.2. The van der Waals surface area contributed by atoms with Gasteiger partial charge in [-0.1, -0.05) is 60.7 Å². The molecule has 0 unspecified atom stereocenters. The van der Waals surface area contributed by atoms with E-state index in [2.05, 4.69) is 9.97 Å².